The van der Waals surface area contributed by atoms with Crippen molar-refractivity contribution in [3.05, 3.63) is 34.9 Å². The molecule has 0 amide bonds. The van der Waals surface area contributed by atoms with Crippen LogP contribution in [0, 0.1) is 0 Å². The van der Waals surface area contributed by atoms with E-state index in [1.165, 1.54) is 17.4 Å². The number of rotatable bonds is 14. The van der Waals surface area contributed by atoms with Gasteiger partial charge in [-0.1, -0.05) is 28.9 Å². The Morgan fingerprint density at radius 1 is 0.788 bits per heavy atom. The highest BCUT2D eigenvalue weighted by Gasteiger charge is 2.54. The average molecular weight is 744 g/mol. The van der Waals surface area contributed by atoms with Gasteiger partial charge in [-0.15, -0.1) is 0 Å². The topological polar surface area (TPSA) is 279 Å². The van der Waals surface area contributed by atoms with E-state index in [1.54, 1.807) is 7.05 Å². The number of allylic oxidation sites excluding steroid dienone is 6. The molecule has 17 unspecified atom stereocenters. The van der Waals surface area contributed by atoms with E-state index in [2.05, 4.69) is 43.2 Å². The summed E-state index contributed by atoms with van der Waals surface area (Å²) in [6, 6.07) is -2.81. The Kier molecular flexibility index (Phi) is 16.3. The predicted molar refractivity (Wildman–Crippen MR) is 189 cm³/mol. The number of nitrogens with one attached hydrogen (secondary N) is 1. The van der Waals surface area contributed by atoms with Crippen LogP contribution >= 0.6 is 0 Å². The fourth-order valence-corrected chi connectivity index (χ4v) is 6.72. The molecule has 52 heavy (non-hydrogen) atoms. The first-order chi connectivity index (χ1) is 24.7. The highest BCUT2D eigenvalue weighted by molar-refractivity contribution is 5.72. The highest BCUT2D eigenvalue weighted by atomic mass is 16.8. The first-order valence-corrected chi connectivity index (χ1v) is 18.0. The molecule has 0 spiro atoms. The smallest absolute Gasteiger partial charge is 0.189 e. The van der Waals surface area contributed by atoms with Crippen LogP contribution in [-0.4, -0.2) is 155 Å². The minimum absolute atomic E-state index is 0.106. The van der Waals surface area contributed by atoms with Crippen LogP contribution in [-0.2, 0) is 28.4 Å². The van der Waals surface area contributed by atoms with E-state index in [-0.39, 0.29) is 6.42 Å². The van der Waals surface area contributed by atoms with Gasteiger partial charge < -0.3 is 81.6 Å². The van der Waals surface area contributed by atoms with E-state index in [4.69, 9.17) is 45.6 Å². The molecular weight excluding hydrogens is 682 g/mol. The van der Waals surface area contributed by atoms with Gasteiger partial charge >= 0.3 is 0 Å². The maximum Gasteiger partial charge on any atom is 0.189 e. The summed E-state index contributed by atoms with van der Waals surface area (Å²) >= 11 is 0. The molecule has 4 rings (SSSR count). The SMILES string of the molecule is CNC1C(OC2OC(CO)C(N)C(O)C2O)OC2CC(N)C(OC3C(N)OC(N=C/C=C(\C)CC/C=C(\C)CCC=C(C)C)C(O)C3O)OC2C1O. The Balaban J connectivity index is 1.31. The molecule has 13 N–H and O–H groups in total. The minimum Gasteiger partial charge on any atom is -0.394 e. The van der Waals surface area contributed by atoms with Gasteiger partial charge in [0.15, 0.2) is 25.1 Å². The molecule has 17 nitrogen and oxygen atoms in total. The Morgan fingerprint density at radius 2 is 1.48 bits per heavy atom. The number of nitrogens with zero attached hydrogens (tertiary/aromatic N) is 1. The summed E-state index contributed by atoms with van der Waals surface area (Å²) < 4.78 is 35.3. The molecule has 0 bridgehead atoms. The maximum absolute atomic E-state index is 11.3. The minimum atomic E-state index is -1.56. The molecule has 0 saturated carbocycles. The number of aliphatic hydroxyl groups is 6. The number of hydrogen-bond acceptors (Lipinski definition) is 17. The lowest BCUT2D eigenvalue weighted by Gasteiger charge is -2.51. The fourth-order valence-electron chi connectivity index (χ4n) is 6.72. The summed E-state index contributed by atoms with van der Waals surface area (Å²) in [6.45, 7) is 7.80. The van der Waals surface area contributed by atoms with Crippen molar-refractivity contribution in [2.24, 2.45) is 22.2 Å². The third kappa shape index (κ3) is 10.7. The predicted octanol–water partition coefficient (Wildman–Crippen LogP) is -1.88. The van der Waals surface area contributed by atoms with E-state index in [1.807, 2.05) is 13.0 Å². The number of ether oxygens (including phenoxy) is 6. The molecule has 17 heteroatoms. The average Bonchev–Trinajstić information content (AvgIpc) is 3.09. The molecule has 17 atom stereocenters. The van der Waals surface area contributed by atoms with Crippen molar-refractivity contribution >= 4 is 6.21 Å². The third-order valence-corrected chi connectivity index (χ3v) is 9.97. The van der Waals surface area contributed by atoms with Crippen LogP contribution in [0.3, 0.4) is 0 Å². The van der Waals surface area contributed by atoms with Gasteiger partial charge in [-0.3, -0.25) is 4.99 Å². The van der Waals surface area contributed by atoms with Crippen LogP contribution in [0.4, 0.5) is 0 Å². The monoisotopic (exact) mass is 743 g/mol. The number of nitrogens with two attached hydrogens (primary N) is 3. The molecule has 0 aromatic rings. The summed E-state index contributed by atoms with van der Waals surface area (Å²) in [5.41, 5.74) is 22.2. The third-order valence-electron chi connectivity index (χ3n) is 9.97. The number of hydrogen-bond donors (Lipinski definition) is 10. The van der Waals surface area contributed by atoms with Gasteiger partial charge in [0.1, 0.15) is 55.1 Å². The summed E-state index contributed by atoms with van der Waals surface area (Å²) in [4.78, 5) is 4.28. The van der Waals surface area contributed by atoms with Crippen molar-refractivity contribution in [3.8, 4) is 0 Å². The number of aliphatic imine (C=N–C) groups is 1. The molecular formula is C35H61N5O12. The lowest BCUT2D eigenvalue weighted by atomic mass is 9.90. The van der Waals surface area contributed by atoms with Gasteiger partial charge in [0.2, 0.25) is 0 Å². The van der Waals surface area contributed by atoms with Crippen molar-refractivity contribution in [2.75, 3.05) is 13.7 Å². The molecule has 0 aromatic heterocycles. The van der Waals surface area contributed by atoms with Crippen LogP contribution in [0.25, 0.3) is 0 Å². The van der Waals surface area contributed by atoms with Crippen LogP contribution in [0.2, 0.25) is 0 Å². The van der Waals surface area contributed by atoms with Crippen molar-refractivity contribution in [3.63, 3.8) is 0 Å². The molecule has 0 radical (unpaired) electrons. The standard InChI is InChI=1S/C35H61N5O12/c1-16(2)8-6-9-17(3)10-7-11-18(4)12-13-40-32-27(45)26(44)30(31(38)51-32)50-33-19(36)14-20-29(49-33)25(43)23(39-5)34(47-20)52-35-28(46)24(42)22(37)21(15-41)48-35/h8,10,12-13,19-35,39,41-46H,6-7,9,11,14-15,36-38H2,1-5H3/b17-10+,18-12+,40-13?. The van der Waals surface area contributed by atoms with Gasteiger partial charge in [-0.2, -0.15) is 0 Å². The summed E-state index contributed by atoms with van der Waals surface area (Å²) in [7, 11) is 1.55. The van der Waals surface area contributed by atoms with Crippen molar-refractivity contribution in [1.82, 2.24) is 5.32 Å². The summed E-state index contributed by atoms with van der Waals surface area (Å²) in [6.07, 6.45) is -5.74. The number of aliphatic hydroxyl groups excluding tert-OH is 6. The highest BCUT2D eigenvalue weighted by Crippen LogP contribution is 2.35. The van der Waals surface area contributed by atoms with Gasteiger partial charge in [-0.25, -0.2) is 0 Å². The van der Waals surface area contributed by atoms with Crippen LogP contribution in [0.1, 0.15) is 59.8 Å². The molecule has 0 aromatic carbocycles. The second-order valence-electron chi connectivity index (χ2n) is 14.4. The van der Waals surface area contributed by atoms with Gasteiger partial charge in [0.25, 0.3) is 0 Å². The molecule has 4 saturated heterocycles. The van der Waals surface area contributed by atoms with Gasteiger partial charge in [-0.05, 0) is 72.9 Å². The molecule has 0 aliphatic carbocycles. The zero-order chi connectivity index (χ0) is 38.3. The van der Waals surface area contributed by atoms with E-state index >= 15 is 0 Å². The van der Waals surface area contributed by atoms with Crippen molar-refractivity contribution < 1.29 is 59.1 Å². The summed E-state index contributed by atoms with van der Waals surface area (Å²) in [5, 5.41) is 66.6. The van der Waals surface area contributed by atoms with Gasteiger partial charge in [0.05, 0.1) is 30.8 Å². The second kappa shape index (κ2) is 19.7. The van der Waals surface area contributed by atoms with E-state index in [0.29, 0.717) is 0 Å². The first kappa shape index (κ1) is 43.0. The molecule has 4 aliphatic heterocycles. The molecule has 298 valence electrons. The quantitative estimate of drug-likeness (QED) is 0.0689. The van der Waals surface area contributed by atoms with E-state index in [9.17, 15) is 30.6 Å². The Bertz CT molecular complexity index is 1250. The van der Waals surface area contributed by atoms with Crippen LogP contribution < -0.4 is 22.5 Å². The number of fused-ring (bicyclic) bond motifs is 1. The Morgan fingerprint density at radius 3 is 2.15 bits per heavy atom. The van der Waals surface area contributed by atoms with E-state index < -0.39 is 111 Å². The fraction of sp³-hybridized carbons (Fsp3) is 0.800. The van der Waals surface area contributed by atoms with Crippen LogP contribution in [0.5, 0.6) is 0 Å². The summed E-state index contributed by atoms with van der Waals surface area (Å²) in [5.74, 6) is 0. The van der Waals surface area contributed by atoms with Crippen LogP contribution in [0.15, 0.2) is 39.9 Å². The Labute approximate surface area is 305 Å². The zero-order valence-electron chi connectivity index (χ0n) is 30.7. The van der Waals surface area contributed by atoms with Crippen molar-refractivity contribution in [1.29, 1.82) is 0 Å². The zero-order valence-corrected chi connectivity index (χ0v) is 30.7. The normalized spacial score (nSPS) is 43.4. The molecule has 4 heterocycles. The van der Waals surface area contributed by atoms with Crippen molar-refractivity contribution in [2.45, 2.75) is 164 Å². The second-order valence-corrected chi connectivity index (χ2v) is 14.4. The molecule has 4 aliphatic rings. The Hall–Kier alpha value is -1.75. The number of likely N-dealkylation sites (N-methyl/N-ethyl adjacent to an activating group) is 1. The first-order valence-electron chi connectivity index (χ1n) is 18.0. The maximum atomic E-state index is 11.3. The lowest BCUT2D eigenvalue weighted by Crippen LogP contribution is -2.70. The molecule has 4 fully saturated rings. The lowest BCUT2D eigenvalue weighted by molar-refractivity contribution is -0.375. The van der Waals surface area contributed by atoms with E-state index in [0.717, 1.165) is 31.3 Å². The largest absolute Gasteiger partial charge is 0.394 e. The van der Waals surface area contributed by atoms with Gasteiger partial charge in [0, 0.05) is 6.21 Å².